The third-order valence-corrected chi connectivity index (χ3v) is 4.86. The Balaban J connectivity index is 1.74. The number of hydrogen-bond acceptors (Lipinski definition) is 2. The molecule has 108 valence electrons. The van der Waals surface area contributed by atoms with Crippen LogP contribution < -0.4 is 0 Å². The molecule has 0 N–H and O–H groups in total. The zero-order valence-corrected chi connectivity index (χ0v) is 12.8. The van der Waals surface area contributed by atoms with Gasteiger partial charge in [-0.15, -0.1) is 11.3 Å². The number of thiophene rings is 1. The zero-order valence-electron chi connectivity index (χ0n) is 11.2. The summed E-state index contributed by atoms with van der Waals surface area (Å²) in [5, 5.41) is 2.35. The summed E-state index contributed by atoms with van der Waals surface area (Å²) in [6.07, 6.45) is 3.72. The molecule has 2 heterocycles. The van der Waals surface area contributed by atoms with Crippen LogP contribution in [0.4, 0.5) is 4.39 Å². The molecule has 1 aliphatic rings. The first-order valence-corrected chi connectivity index (χ1v) is 7.87. The van der Waals surface area contributed by atoms with Crippen molar-refractivity contribution in [2.75, 3.05) is 6.54 Å². The standard InChI is InChI=1S/C16H13ClFNOS/c17-13-2-1-3-14(18)12(13)4-5-16(20)19-8-6-15-11(10-19)7-9-21-15/h1-5,7,9H,6,8,10H2/b5-4+. The van der Waals surface area contributed by atoms with Crippen LogP contribution in [0.25, 0.3) is 6.08 Å². The highest BCUT2D eigenvalue weighted by atomic mass is 35.5. The van der Waals surface area contributed by atoms with E-state index in [0.717, 1.165) is 6.42 Å². The Morgan fingerprint density at radius 1 is 1.38 bits per heavy atom. The van der Waals surface area contributed by atoms with Gasteiger partial charge in [-0.2, -0.15) is 0 Å². The lowest BCUT2D eigenvalue weighted by molar-refractivity contribution is -0.126. The van der Waals surface area contributed by atoms with Crippen molar-refractivity contribution in [2.45, 2.75) is 13.0 Å². The van der Waals surface area contributed by atoms with Gasteiger partial charge in [0.1, 0.15) is 5.82 Å². The topological polar surface area (TPSA) is 20.3 Å². The van der Waals surface area contributed by atoms with E-state index in [2.05, 4.69) is 6.07 Å². The molecule has 0 bridgehead atoms. The van der Waals surface area contributed by atoms with Crippen LogP contribution in [-0.4, -0.2) is 17.4 Å². The highest BCUT2D eigenvalue weighted by molar-refractivity contribution is 7.10. The Kier molecular flexibility index (Phi) is 4.08. The molecule has 0 unspecified atom stereocenters. The largest absolute Gasteiger partial charge is 0.334 e. The van der Waals surface area contributed by atoms with E-state index in [1.807, 2.05) is 5.38 Å². The lowest BCUT2D eigenvalue weighted by Gasteiger charge is -2.25. The predicted octanol–water partition coefficient (Wildman–Crippen LogP) is 4.14. The summed E-state index contributed by atoms with van der Waals surface area (Å²) < 4.78 is 13.6. The van der Waals surface area contributed by atoms with Crippen LogP contribution in [0, 0.1) is 5.82 Å². The number of amides is 1. The molecule has 0 spiro atoms. The van der Waals surface area contributed by atoms with Crippen LogP contribution in [-0.2, 0) is 17.8 Å². The van der Waals surface area contributed by atoms with Crippen molar-refractivity contribution in [3.63, 3.8) is 0 Å². The van der Waals surface area contributed by atoms with E-state index >= 15 is 0 Å². The van der Waals surface area contributed by atoms with Crippen LogP contribution in [0.5, 0.6) is 0 Å². The van der Waals surface area contributed by atoms with Gasteiger partial charge in [0, 0.05) is 29.6 Å². The smallest absolute Gasteiger partial charge is 0.246 e. The van der Waals surface area contributed by atoms with Crippen molar-refractivity contribution in [3.8, 4) is 0 Å². The lowest BCUT2D eigenvalue weighted by Crippen LogP contribution is -2.34. The second kappa shape index (κ2) is 6.00. The molecule has 0 fully saturated rings. The number of fused-ring (bicyclic) bond motifs is 1. The summed E-state index contributed by atoms with van der Waals surface area (Å²) in [6.45, 7) is 1.31. The maximum atomic E-state index is 13.6. The summed E-state index contributed by atoms with van der Waals surface area (Å²) in [4.78, 5) is 15.3. The van der Waals surface area contributed by atoms with E-state index in [-0.39, 0.29) is 11.5 Å². The highest BCUT2D eigenvalue weighted by Crippen LogP contribution is 2.25. The zero-order chi connectivity index (χ0) is 14.8. The molecule has 1 aromatic carbocycles. The minimum absolute atomic E-state index is 0.119. The second-order valence-electron chi connectivity index (χ2n) is 4.85. The third-order valence-electron chi connectivity index (χ3n) is 3.51. The Hall–Kier alpha value is -1.65. The van der Waals surface area contributed by atoms with Gasteiger partial charge in [0.15, 0.2) is 0 Å². The van der Waals surface area contributed by atoms with E-state index in [9.17, 15) is 9.18 Å². The van der Waals surface area contributed by atoms with E-state index < -0.39 is 5.82 Å². The number of nitrogens with zero attached hydrogens (tertiary/aromatic N) is 1. The minimum atomic E-state index is -0.426. The maximum Gasteiger partial charge on any atom is 0.246 e. The van der Waals surface area contributed by atoms with E-state index in [4.69, 9.17) is 11.6 Å². The summed E-state index contributed by atoms with van der Waals surface area (Å²) in [6, 6.07) is 6.53. The molecule has 1 amide bonds. The SMILES string of the molecule is O=C(/C=C/c1c(F)cccc1Cl)N1CCc2sccc2C1. The molecule has 0 saturated carbocycles. The first-order valence-electron chi connectivity index (χ1n) is 6.61. The fourth-order valence-corrected chi connectivity index (χ4v) is 3.48. The fourth-order valence-electron chi connectivity index (χ4n) is 2.37. The molecule has 2 nitrogen and oxygen atoms in total. The van der Waals surface area contributed by atoms with Crippen LogP contribution in [0.2, 0.25) is 5.02 Å². The highest BCUT2D eigenvalue weighted by Gasteiger charge is 2.19. The van der Waals surface area contributed by atoms with Gasteiger partial charge < -0.3 is 4.90 Å². The van der Waals surface area contributed by atoms with Crippen molar-refractivity contribution < 1.29 is 9.18 Å². The molecule has 2 aromatic rings. The van der Waals surface area contributed by atoms with E-state index in [0.29, 0.717) is 18.1 Å². The van der Waals surface area contributed by atoms with Gasteiger partial charge >= 0.3 is 0 Å². The Bertz CT molecular complexity index is 690. The van der Waals surface area contributed by atoms with Gasteiger partial charge in [-0.3, -0.25) is 4.79 Å². The first kappa shape index (κ1) is 14.3. The number of hydrogen-bond donors (Lipinski definition) is 0. The Labute approximate surface area is 131 Å². The molecule has 1 aliphatic heterocycles. The van der Waals surface area contributed by atoms with Crippen LogP contribution in [0.3, 0.4) is 0 Å². The number of benzene rings is 1. The number of carbonyl (C=O) groups is 1. The van der Waals surface area contributed by atoms with Crippen molar-refractivity contribution in [3.05, 3.63) is 62.6 Å². The summed E-state index contributed by atoms with van der Waals surface area (Å²) >= 11 is 7.67. The fraction of sp³-hybridized carbons (Fsp3) is 0.188. The van der Waals surface area contributed by atoms with Crippen LogP contribution in [0.1, 0.15) is 16.0 Å². The Morgan fingerprint density at radius 3 is 3.05 bits per heavy atom. The molecule has 21 heavy (non-hydrogen) atoms. The van der Waals surface area contributed by atoms with Crippen LogP contribution >= 0.6 is 22.9 Å². The van der Waals surface area contributed by atoms with Crippen molar-refractivity contribution in [1.29, 1.82) is 0 Å². The quantitative estimate of drug-likeness (QED) is 0.761. The minimum Gasteiger partial charge on any atom is -0.334 e. The second-order valence-corrected chi connectivity index (χ2v) is 6.26. The van der Waals surface area contributed by atoms with Crippen molar-refractivity contribution >= 4 is 34.9 Å². The van der Waals surface area contributed by atoms with Gasteiger partial charge in [0.25, 0.3) is 0 Å². The van der Waals surface area contributed by atoms with Gasteiger partial charge in [0.2, 0.25) is 5.91 Å². The van der Waals surface area contributed by atoms with Gasteiger partial charge in [-0.1, -0.05) is 17.7 Å². The normalized spacial score (nSPS) is 14.5. The number of halogens is 2. The van der Waals surface area contributed by atoms with Crippen molar-refractivity contribution in [1.82, 2.24) is 4.90 Å². The van der Waals surface area contributed by atoms with E-state index in [1.54, 1.807) is 28.4 Å². The molecule has 1 aromatic heterocycles. The van der Waals surface area contributed by atoms with E-state index in [1.165, 1.54) is 28.7 Å². The molecular formula is C16H13ClFNOS. The van der Waals surface area contributed by atoms with Gasteiger partial charge in [-0.05, 0) is 41.6 Å². The lowest BCUT2D eigenvalue weighted by atomic mass is 10.1. The van der Waals surface area contributed by atoms with Crippen LogP contribution in [0.15, 0.2) is 35.7 Å². The number of carbonyl (C=O) groups excluding carboxylic acids is 1. The van der Waals surface area contributed by atoms with Gasteiger partial charge in [0.05, 0.1) is 5.02 Å². The average Bonchev–Trinajstić information content (AvgIpc) is 2.93. The molecule has 0 atom stereocenters. The molecule has 3 rings (SSSR count). The summed E-state index contributed by atoms with van der Waals surface area (Å²) in [5.74, 6) is -0.545. The molecule has 0 saturated heterocycles. The third kappa shape index (κ3) is 3.01. The predicted molar refractivity (Wildman–Crippen MR) is 83.9 cm³/mol. The average molecular weight is 322 g/mol. The summed E-state index contributed by atoms with van der Waals surface area (Å²) in [5.41, 5.74) is 1.46. The number of rotatable bonds is 2. The molecular weight excluding hydrogens is 309 g/mol. The van der Waals surface area contributed by atoms with Gasteiger partial charge in [-0.25, -0.2) is 4.39 Å². The molecule has 5 heteroatoms. The molecule has 0 radical (unpaired) electrons. The monoisotopic (exact) mass is 321 g/mol. The maximum absolute atomic E-state index is 13.6. The Morgan fingerprint density at radius 2 is 2.24 bits per heavy atom. The summed E-state index contributed by atoms with van der Waals surface area (Å²) in [7, 11) is 0. The first-order chi connectivity index (χ1) is 10.1. The molecule has 0 aliphatic carbocycles. The van der Waals surface area contributed by atoms with Crippen molar-refractivity contribution in [2.24, 2.45) is 0 Å².